The minimum atomic E-state index is -1.01. The number of carboxylic acids is 1. The van der Waals surface area contributed by atoms with Crippen LogP contribution in [0.5, 0.6) is 5.75 Å². The minimum absolute atomic E-state index is 0. The first kappa shape index (κ1) is 14.0. The summed E-state index contributed by atoms with van der Waals surface area (Å²) in [4.78, 5) is 10.9. The average molecular weight is 224 g/mol. The lowest BCUT2D eigenvalue weighted by atomic mass is 9.83. The molecule has 4 heteroatoms. The Bertz CT molecular complexity index is 367. The van der Waals surface area contributed by atoms with Gasteiger partial charge in [0, 0.05) is 5.56 Å². The van der Waals surface area contributed by atoms with Crippen molar-refractivity contribution in [3.05, 3.63) is 29.3 Å². The number of aromatic carboxylic acids is 1. The number of carboxylic acid groups (broad SMARTS) is 1. The molecule has 0 atom stereocenters. The minimum Gasteiger partial charge on any atom is -0.508 e. The maximum atomic E-state index is 10.9. The van der Waals surface area contributed by atoms with Crippen LogP contribution in [0, 0.1) is 0 Å². The lowest BCUT2D eigenvalue weighted by Gasteiger charge is -2.22. The predicted molar refractivity (Wildman–Crippen MR) is 63.7 cm³/mol. The first-order valence-corrected chi connectivity index (χ1v) is 4.40. The molecule has 0 saturated heterocycles. The second-order valence-electron chi connectivity index (χ2n) is 4.25. The van der Waals surface area contributed by atoms with Gasteiger partial charge in [-0.05, 0) is 17.5 Å². The maximum Gasteiger partial charge on any atom is 0.336 e. The molecule has 82 valence electrons. The summed E-state index contributed by atoms with van der Waals surface area (Å²) in [6.45, 7) is 5.61. The Hall–Kier alpha value is -0.978. The molecule has 0 unspecified atom stereocenters. The van der Waals surface area contributed by atoms with Crippen molar-refractivity contribution in [1.29, 1.82) is 0 Å². The van der Waals surface area contributed by atoms with Gasteiger partial charge in [0.15, 0.2) is 17.4 Å². The topological polar surface area (TPSA) is 57.5 Å². The zero-order valence-corrected chi connectivity index (χ0v) is 8.53. The molecule has 0 fully saturated rings. The summed E-state index contributed by atoms with van der Waals surface area (Å²) >= 11 is 0. The maximum absolute atomic E-state index is 10.9. The molecule has 0 spiro atoms. The van der Waals surface area contributed by atoms with E-state index >= 15 is 0 Å². The Labute approximate surface area is 99.9 Å². The lowest BCUT2D eigenvalue weighted by Crippen LogP contribution is -2.17. The van der Waals surface area contributed by atoms with Gasteiger partial charge < -0.3 is 10.2 Å². The Balaban J connectivity index is 0.00000196. The van der Waals surface area contributed by atoms with Gasteiger partial charge in [-0.25, -0.2) is 4.79 Å². The summed E-state index contributed by atoms with van der Waals surface area (Å²) < 4.78 is 0. The van der Waals surface area contributed by atoms with E-state index in [2.05, 4.69) is 0 Å². The molecular weight excluding hydrogens is 207 g/mol. The second-order valence-corrected chi connectivity index (χ2v) is 4.25. The molecular formula is C11H17AlO3. The lowest BCUT2D eigenvalue weighted by molar-refractivity contribution is 0.0693. The van der Waals surface area contributed by atoms with E-state index in [9.17, 15) is 9.90 Å². The summed E-state index contributed by atoms with van der Waals surface area (Å²) in [5.74, 6) is -0.969. The largest absolute Gasteiger partial charge is 0.508 e. The fourth-order valence-corrected chi connectivity index (χ4v) is 1.51. The van der Waals surface area contributed by atoms with Gasteiger partial charge in [-0.1, -0.05) is 26.8 Å². The van der Waals surface area contributed by atoms with Gasteiger partial charge in [0.1, 0.15) is 5.75 Å². The van der Waals surface area contributed by atoms with Crippen molar-refractivity contribution in [1.82, 2.24) is 0 Å². The monoisotopic (exact) mass is 224 g/mol. The molecule has 0 radical (unpaired) electrons. The number of hydrogen-bond donors (Lipinski definition) is 2. The standard InChI is InChI=1S/C11H14O3.Al.3H/c1-11(2,3)9-7(10(13)14)5-4-6-8(9)12;;;;/h4-6,12H,1-3H3,(H,13,14);;;;. The first-order valence-electron chi connectivity index (χ1n) is 4.40. The highest BCUT2D eigenvalue weighted by atomic mass is 27.0. The Kier molecular flexibility index (Phi) is 4.39. The third kappa shape index (κ3) is 2.99. The fraction of sp³-hybridized carbons (Fsp3) is 0.364. The van der Waals surface area contributed by atoms with Crippen LogP contribution in [-0.4, -0.2) is 33.5 Å². The number of phenols is 1. The van der Waals surface area contributed by atoms with Crippen molar-refractivity contribution in [2.24, 2.45) is 0 Å². The predicted octanol–water partition coefficient (Wildman–Crippen LogP) is 1.20. The van der Waals surface area contributed by atoms with Gasteiger partial charge in [-0.2, -0.15) is 0 Å². The number of benzene rings is 1. The van der Waals surface area contributed by atoms with Gasteiger partial charge in [0.05, 0.1) is 5.56 Å². The molecule has 1 aromatic rings. The van der Waals surface area contributed by atoms with E-state index in [1.54, 1.807) is 0 Å². The first-order chi connectivity index (χ1) is 6.34. The van der Waals surface area contributed by atoms with Crippen molar-refractivity contribution in [2.75, 3.05) is 0 Å². The summed E-state index contributed by atoms with van der Waals surface area (Å²) in [6, 6.07) is 4.55. The van der Waals surface area contributed by atoms with E-state index in [0.717, 1.165) is 0 Å². The van der Waals surface area contributed by atoms with E-state index in [0.29, 0.717) is 5.56 Å². The van der Waals surface area contributed by atoms with Crippen molar-refractivity contribution in [2.45, 2.75) is 26.2 Å². The quantitative estimate of drug-likeness (QED) is 0.705. The van der Waals surface area contributed by atoms with Crippen LogP contribution in [0.15, 0.2) is 18.2 Å². The molecule has 3 nitrogen and oxygen atoms in total. The highest BCUT2D eigenvalue weighted by Crippen LogP contribution is 2.33. The molecule has 0 amide bonds. The SMILES string of the molecule is CC(C)(C)c1c(O)cccc1C(=O)O.[AlH3]. The highest BCUT2D eigenvalue weighted by molar-refractivity contribution is 5.90. The van der Waals surface area contributed by atoms with Crippen LogP contribution in [0.25, 0.3) is 0 Å². The van der Waals surface area contributed by atoms with Crippen molar-refractivity contribution in [3.63, 3.8) is 0 Å². The van der Waals surface area contributed by atoms with Crippen LogP contribution in [0.3, 0.4) is 0 Å². The van der Waals surface area contributed by atoms with Crippen LogP contribution < -0.4 is 0 Å². The van der Waals surface area contributed by atoms with Gasteiger partial charge in [0.25, 0.3) is 0 Å². The molecule has 0 aliphatic carbocycles. The summed E-state index contributed by atoms with van der Waals surface area (Å²) in [6.07, 6.45) is 0. The number of carbonyl (C=O) groups is 1. The highest BCUT2D eigenvalue weighted by Gasteiger charge is 2.24. The van der Waals surface area contributed by atoms with E-state index < -0.39 is 5.97 Å². The average Bonchev–Trinajstić information content (AvgIpc) is 2.01. The van der Waals surface area contributed by atoms with Crippen molar-refractivity contribution >= 4 is 23.3 Å². The van der Waals surface area contributed by atoms with Crippen LogP contribution in [0.2, 0.25) is 0 Å². The second kappa shape index (κ2) is 4.70. The molecule has 1 aromatic carbocycles. The van der Waals surface area contributed by atoms with Crippen LogP contribution in [0.4, 0.5) is 0 Å². The molecule has 0 heterocycles. The molecule has 2 N–H and O–H groups in total. The normalized spacial score (nSPS) is 10.6. The zero-order valence-electron chi connectivity index (χ0n) is 8.53. The van der Waals surface area contributed by atoms with E-state index in [1.165, 1.54) is 18.2 Å². The summed E-state index contributed by atoms with van der Waals surface area (Å²) in [5.41, 5.74) is 0.268. The molecule has 0 aliphatic heterocycles. The molecule has 0 saturated carbocycles. The molecule has 0 aliphatic rings. The molecule has 15 heavy (non-hydrogen) atoms. The Morgan fingerprint density at radius 2 is 1.80 bits per heavy atom. The van der Waals surface area contributed by atoms with E-state index in [-0.39, 0.29) is 34.1 Å². The molecule has 0 bridgehead atoms. The van der Waals surface area contributed by atoms with E-state index in [1.807, 2.05) is 20.8 Å². The summed E-state index contributed by atoms with van der Waals surface area (Å²) in [5, 5.41) is 18.6. The van der Waals surface area contributed by atoms with Crippen molar-refractivity contribution < 1.29 is 15.0 Å². The smallest absolute Gasteiger partial charge is 0.336 e. The molecule has 1 rings (SSSR count). The van der Waals surface area contributed by atoms with Crippen molar-refractivity contribution in [3.8, 4) is 5.75 Å². The third-order valence-electron chi connectivity index (χ3n) is 2.02. The number of aromatic hydroxyl groups is 1. The van der Waals surface area contributed by atoms with Gasteiger partial charge in [-0.15, -0.1) is 0 Å². The fourth-order valence-electron chi connectivity index (χ4n) is 1.51. The number of rotatable bonds is 1. The Morgan fingerprint density at radius 1 is 1.27 bits per heavy atom. The molecule has 0 aromatic heterocycles. The van der Waals surface area contributed by atoms with Crippen LogP contribution in [0.1, 0.15) is 36.7 Å². The zero-order chi connectivity index (χ0) is 10.9. The number of hydrogen-bond acceptors (Lipinski definition) is 2. The number of phenolic OH excluding ortho intramolecular Hbond substituents is 1. The Morgan fingerprint density at radius 3 is 2.13 bits per heavy atom. The van der Waals surface area contributed by atoms with Gasteiger partial charge >= 0.3 is 5.97 Å². The van der Waals surface area contributed by atoms with Crippen LogP contribution in [-0.2, 0) is 5.41 Å². The van der Waals surface area contributed by atoms with Gasteiger partial charge in [-0.3, -0.25) is 0 Å². The van der Waals surface area contributed by atoms with Gasteiger partial charge in [0.2, 0.25) is 0 Å². The third-order valence-corrected chi connectivity index (χ3v) is 2.02. The summed E-state index contributed by atoms with van der Waals surface area (Å²) in [7, 11) is 0. The van der Waals surface area contributed by atoms with E-state index in [4.69, 9.17) is 5.11 Å². The van der Waals surface area contributed by atoms with Crippen LogP contribution >= 0.6 is 0 Å².